The molecule has 1 aromatic carbocycles. The third-order valence-electron chi connectivity index (χ3n) is 3.86. The van der Waals surface area contributed by atoms with Gasteiger partial charge in [-0.1, -0.05) is 11.6 Å². The lowest BCUT2D eigenvalue weighted by atomic mass is 10.1. The maximum Gasteiger partial charge on any atom is 0.234 e. The van der Waals surface area contributed by atoms with Crippen molar-refractivity contribution in [2.45, 2.75) is 31.2 Å². The van der Waals surface area contributed by atoms with Crippen LogP contribution in [0.5, 0.6) is 0 Å². The molecule has 0 radical (unpaired) electrons. The molecule has 2 amide bonds. The zero-order valence-corrected chi connectivity index (χ0v) is 16.9. The first-order valence-corrected chi connectivity index (χ1v) is 9.89. The van der Waals surface area contributed by atoms with Crippen molar-refractivity contribution in [1.29, 1.82) is 0 Å². The number of hydrogen-bond acceptors (Lipinski definition) is 4. The summed E-state index contributed by atoms with van der Waals surface area (Å²) in [6.07, 6.45) is 0. The second-order valence-electron chi connectivity index (χ2n) is 7.32. The summed E-state index contributed by atoms with van der Waals surface area (Å²) >= 11 is 7.10. The van der Waals surface area contributed by atoms with Crippen LogP contribution in [0.15, 0.2) is 23.1 Å². The average molecular weight is 402 g/mol. The SMILES string of the molecule is CC(C)(C)NC(=O)CN1CCN(C(=O)CSc2ccc(F)c(Cl)c2)CC1. The van der Waals surface area contributed by atoms with Gasteiger partial charge in [0.2, 0.25) is 11.8 Å². The Bertz CT molecular complexity index is 658. The van der Waals surface area contributed by atoms with Gasteiger partial charge in [-0.25, -0.2) is 4.39 Å². The van der Waals surface area contributed by atoms with Crippen molar-refractivity contribution >= 4 is 35.2 Å². The normalized spacial score (nSPS) is 15.8. The van der Waals surface area contributed by atoms with Crippen molar-refractivity contribution in [2.24, 2.45) is 0 Å². The molecule has 1 fully saturated rings. The molecule has 1 saturated heterocycles. The molecule has 0 aliphatic carbocycles. The second-order valence-corrected chi connectivity index (χ2v) is 8.78. The lowest BCUT2D eigenvalue weighted by Gasteiger charge is -2.35. The van der Waals surface area contributed by atoms with Crippen molar-refractivity contribution in [3.05, 3.63) is 29.0 Å². The standard InChI is InChI=1S/C18H25ClFN3O2S/c1-18(2,3)21-16(24)11-22-6-8-23(9-7-22)17(25)12-26-13-4-5-15(20)14(19)10-13/h4-5,10H,6-9,11-12H2,1-3H3,(H,21,24). The van der Waals surface area contributed by atoms with E-state index in [0.717, 1.165) is 4.90 Å². The van der Waals surface area contributed by atoms with Crippen LogP contribution in [0.4, 0.5) is 4.39 Å². The highest BCUT2D eigenvalue weighted by molar-refractivity contribution is 8.00. The van der Waals surface area contributed by atoms with Crippen LogP contribution in [-0.4, -0.2) is 65.6 Å². The Kier molecular flexibility index (Phi) is 7.32. The van der Waals surface area contributed by atoms with E-state index in [1.165, 1.54) is 23.9 Å². The summed E-state index contributed by atoms with van der Waals surface area (Å²) in [5, 5.41) is 3.01. The maximum absolute atomic E-state index is 13.2. The van der Waals surface area contributed by atoms with E-state index in [-0.39, 0.29) is 28.1 Å². The molecular formula is C18H25ClFN3O2S. The molecule has 1 aliphatic heterocycles. The number of piperazine rings is 1. The number of halogens is 2. The molecule has 144 valence electrons. The monoisotopic (exact) mass is 401 g/mol. The van der Waals surface area contributed by atoms with Gasteiger partial charge in [0, 0.05) is 36.6 Å². The van der Waals surface area contributed by atoms with Gasteiger partial charge < -0.3 is 10.2 Å². The van der Waals surface area contributed by atoms with Gasteiger partial charge in [-0.15, -0.1) is 11.8 Å². The average Bonchev–Trinajstić information content (AvgIpc) is 2.54. The van der Waals surface area contributed by atoms with Crippen LogP contribution in [0.2, 0.25) is 5.02 Å². The summed E-state index contributed by atoms with van der Waals surface area (Å²) in [6.45, 7) is 8.77. The molecule has 5 nitrogen and oxygen atoms in total. The van der Waals surface area contributed by atoms with Crippen molar-refractivity contribution < 1.29 is 14.0 Å². The fourth-order valence-corrected chi connectivity index (χ4v) is 3.70. The van der Waals surface area contributed by atoms with Gasteiger partial charge in [-0.05, 0) is 39.0 Å². The Morgan fingerprint density at radius 3 is 2.46 bits per heavy atom. The van der Waals surface area contributed by atoms with Crippen LogP contribution in [0.25, 0.3) is 0 Å². The largest absolute Gasteiger partial charge is 0.350 e. The summed E-state index contributed by atoms with van der Waals surface area (Å²) in [5.74, 6) is -0.142. The molecule has 0 bridgehead atoms. The number of carbonyl (C=O) groups excluding carboxylic acids is 2. The van der Waals surface area contributed by atoms with E-state index >= 15 is 0 Å². The Balaban J connectivity index is 1.74. The van der Waals surface area contributed by atoms with Crippen LogP contribution < -0.4 is 5.32 Å². The van der Waals surface area contributed by atoms with Crippen LogP contribution in [0.3, 0.4) is 0 Å². The van der Waals surface area contributed by atoms with Gasteiger partial charge in [-0.3, -0.25) is 14.5 Å². The Morgan fingerprint density at radius 1 is 1.23 bits per heavy atom. The van der Waals surface area contributed by atoms with Crippen molar-refractivity contribution in [3.63, 3.8) is 0 Å². The molecule has 1 aliphatic rings. The lowest BCUT2D eigenvalue weighted by molar-refractivity contribution is -0.130. The van der Waals surface area contributed by atoms with E-state index in [1.54, 1.807) is 11.0 Å². The van der Waals surface area contributed by atoms with E-state index in [4.69, 9.17) is 11.6 Å². The first kappa shape index (κ1) is 21.0. The smallest absolute Gasteiger partial charge is 0.234 e. The molecule has 0 atom stereocenters. The molecule has 1 heterocycles. The summed E-state index contributed by atoms with van der Waals surface area (Å²) in [4.78, 5) is 28.9. The Hall–Kier alpha value is -1.31. The van der Waals surface area contributed by atoms with Gasteiger partial charge in [-0.2, -0.15) is 0 Å². The van der Waals surface area contributed by atoms with Crippen molar-refractivity contribution in [2.75, 3.05) is 38.5 Å². The number of rotatable bonds is 5. The van der Waals surface area contributed by atoms with E-state index < -0.39 is 5.82 Å². The summed E-state index contributed by atoms with van der Waals surface area (Å²) in [6, 6.07) is 4.45. The highest BCUT2D eigenvalue weighted by Gasteiger charge is 2.23. The van der Waals surface area contributed by atoms with Crippen molar-refractivity contribution in [1.82, 2.24) is 15.1 Å². The third-order valence-corrected chi connectivity index (χ3v) is 5.13. The fraction of sp³-hybridized carbons (Fsp3) is 0.556. The summed E-state index contributed by atoms with van der Waals surface area (Å²) in [5.41, 5.74) is -0.241. The third kappa shape index (κ3) is 6.78. The van der Waals surface area contributed by atoms with Gasteiger partial charge in [0.25, 0.3) is 0 Å². The highest BCUT2D eigenvalue weighted by atomic mass is 35.5. The zero-order valence-electron chi connectivity index (χ0n) is 15.3. The first-order valence-electron chi connectivity index (χ1n) is 8.53. The zero-order chi connectivity index (χ0) is 19.3. The summed E-state index contributed by atoms with van der Waals surface area (Å²) in [7, 11) is 0. The number of nitrogens with zero attached hydrogens (tertiary/aromatic N) is 2. The number of amides is 2. The second kappa shape index (κ2) is 9.06. The maximum atomic E-state index is 13.2. The predicted molar refractivity (Wildman–Crippen MR) is 103 cm³/mol. The quantitative estimate of drug-likeness (QED) is 0.770. The first-order chi connectivity index (χ1) is 12.1. The molecule has 0 spiro atoms. The number of thioether (sulfide) groups is 1. The van der Waals surface area contributed by atoms with Gasteiger partial charge in [0.15, 0.2) is 0 Å². The summed E-state index contributed by atoms with van der Waals surface area (Å²) < 4.78 is 13.2. The van der Waals surface area contributed by atoms with E-state index in [9.17, 15) is 14.0 Å². The molecule has 0 saturated carbocycles. The van der Waals surface area contributed by atoms with Crippen LogP contribution in [-0.2, 0) is 9.59 Å². The van der Waals surface area contributed by atoms with E-state index in [2.05, 4.69) is 10.2 Å². The lowest BCUT2D eigenvalue weighted by Crippen LogP contribution is -2.53. The molecular weight excluding hydrogens is 377 g/mol. The minimum atomic E-state index is -0.464. The number of nitrogens with one attached hydrogen (secondary N) is 1. The van der Waals surface area contributed by atoms with Gasteiger partial charge in [0.05, 0.1) is 17.3 Å². The van der Waals surface area contributed by atoms with E-state index in [0.29, 0.717) is 32.7 Å². The minimum absolute atomic E-state index is 0.000945. The van der Waals surface area contributed by atoms with E-state index in [1.807, 2.05) is 20.8 Å². The highest BCUT2D eigenvalue weighted by Crippen LogP contribution is 2.24. The molecule has 8 heteroatoms. The number of benzene rings is 1. The van der Waals surface area contributed by atoms with Crippen molar-refractivity contribution in [3.8, 4) is 0 Å². The fourth-order valence-electron chi connectivity index (χ4n) is 2.62. The van der Waals surface area contributed by atoms with Gasteiger partial charge >= 0.3 is 0 Å². The van der Waals surface area contributed by atoms with Crippen LogP contribution in [0.1, 0.15) is 20.8 Å². The van der Waals surface area contributed by atoms with Crippen LogP contribution >= 0.6 is 23.4 Å². The number of hydrogen-bond donors (Lipinski definition) is 1. The molecule has 2 rings (SSSR count). The number of carbonyl (C=O) groups is 2. The molecule has 0 aromatic heterocycles. The van der Waals surface area contributed by atoms with Crippen LogP contribution in [0, 0.1) is 5.82 Å². The molecule has 1 aromatic rings. The molecule has 0 unspecified atom stereocenters. The minimum Gasteiger partial charge on any atom is -0.350 e. The molecule has 1 N–H and O–H groups in total. The predicted octanol–water partition coefficient (Wildman–Crippen LogP) is 2.63. The Labute approximate surface area is 163 Å². The van der Waals surface area contributed by atoms with Gasteiger partial charge in [0.1, 0.15) is 5.82 Å². The topological polar surface area (TPSA) is 52.7 Å². The Morgan fingerprint density at radius 2 is 1.88 bits per heavy atom. The molecule has 26 heavy (non-hydrogen) atoms.